The standard InChI is InChI=1S/C18H25NO.BrH/c1-20-17-4-2-13(3-5-17)12-19-18-9-14-6-15(10-18)8-16(7-14)11-18;/h2-5,14-16,19H,6-12H2,1H3;1H. The Morgan fingerprint density at radius 3 is 2.00 bits per heavy atom. The van der Waals surface area contributed by atoms with Gasteiger partial charge in [0, 0.05) is 12.1 Å². The van der Waals surface area contributed by atoms with E-state index in [0.29, 0.717) is 5.54 Å². The Balaban J connectivity index is 0.00000132. The second kappa shape index (κ2) is 5.92. The van der Waals surface area contributed by atoms with E-state index in [1.807, 2.05) is 0 Å². The van der Waals surface area contributed by atoms with E-state index in [4.69, 9.17) is 4.74 Å². The monoisotopic (exact) mass is 351 g/mol. The molecule has 0 atom stereocenters. The quantitative estimate of drug-likeness (QED) is 0.871. The number of methoxy groups -OCH3 is 1. The average molecular weight is 352 g/mol. The molecule has 116 valence electrons. The zero-order valence-electron chi connectivity index (χ0n) is 12.8. The van der Waals surface area contributed by atoms with Crippen LogP contribution in [0.3, 0.4) is 0 Å². The van der Waals surface area contributed by atoms with Crippen LogP contribution in [0, 0.1) is 17.8 Å². The summed E-state index contributed by atoms with van der Waals surface area (Å²) in [6.07, 6.45) is 8.83. The first-order chi connectivity index (χ1) is 9.75. The minimum Gasteiger partial charge on any atom is -0.497 e. The van der Waals surface area contributed by atoms with Gasteiger partial charge in [0.15, 0.2) is 0 Å². The molecule has 2 nitrogen and oxygen atoms in total. The topological polar surface area (TPSA) is 21.3 Å². The molecule has 0 saturated heterocycles. The largest absolute Gasteiger partial charge is 0.497 e. The van der Waals surface area contributed by atoms with Crippen LogP contribution in [0.5, 0.6) is 5.75 Å². The van der Waals surface area contributed by atoms with Crippen LogP contribution in [0.4, 0.5) is 0 Å². The molecule has 4 fully saturated rings. The molecular weight excluding hydrogens is 326 g/mol. The minimum atomic E-state index is 0. The van der Waals surface area contributed by atoms with E-state index in [1.54, 1.807) is 7.11 Å². The fourth-order valence-corrected chi connectivity index (χ4v) is 5.36. The highest BCUT2D eigenvalue weighted by Crippen LogP contribution is 2.55. The maximum atomic E-state index is 5.23. The summed E-state index contributed by atoms with van der Waals surface area (Å²) in [7, 11) is 1.72. The normalized spacial score (nSPS) is 36.3. The number of benzene rings is 1. The zero-order valence-corrected chi connectivity index (χ0v) is 14.5. The highest BCUT2D eigenvalue weighted by molar-refractivity contribution is 8.93. The summed E-state index contributed by atoms with van der Waals surface area (Å²) in [5.74, 6) is 4.00. The third-order valence-corrected chi connectivity index (χ3v) is 5.86. The summed E-state index contributed by atoms with van der Waals surface area (Å²) in [4.78, 5) is 0. The van der Waals surface area contributed by atoms with Gasteiger partial charge >= 0.3 is 0 Å². The van der Waals surface area contributed by atoms with E-state index >= 15 is 0 Å². The molecule has 21 heavy (non-hydrogen) atoms. The smallest absolute Gasteiger partial charge is 0.118 e. The van der Waals surface area contributed by atoms with Crippen LogP contribution in [-0.4, -0.2) is 12.6 Å². The van der Waals surface area contributed by atoms with Crippen LogP contribution in [-0.2, 0) is 6.54 Å². The molecule has 0 aliphatic heterocycles. The van der Waals surface area contributed by atoms with Crippen LogP contribution in [0.25, 0.3) is 0 Å². The minimum absolute atomic E-state index is 0. The molecule has 0 aromatic heterocycles. The summed E-state index contributed by atoms with van der Waals surface area (Å²) in [6, 6.07) is 8.51. The lowest BCUT2D eigenvalue weighted by Crippen LogP contribution is -2.58. The highest BCUT2D eigenvalue weighted by Gasteiger charge is 2.50. The van der Waals surface area contributed by atoms with Gasteiger partial charge < -0.3 is 10.1 Å². The van der Waals surface area contributed by atoms with Crippen molar-refractivity contribution in [2.75, 3.05) is 7.11 Å². The van der Waals surface area contributed by atoms with Gasteiger partial charge in [-0.05, 0) is 74.0 Å². The van der Waals surface area contributed by atoms with Crippen LogP contribution >= 0.6 is 17.0 Å². The fourth-order valence-electron chi connectivity index (χ4n) is 5.36. The molecule has 1 aromatic carbocycles. The molecule has 4 aliphatic carbocycles. The Morgan fingerprint density at radius 2 is 1.52 bits per heavy atom. The molecule has 0 unspecified atom stereocenters. The number of hydrogen-bond acceptors (Lipinski definition) is 2. The number of halogens is 1. The first kappa shape index (κ1) is 15.4. The van der Waals surface area contributed by atoms with Gasteiger partial charge in [-0.3, -0.25) is 0 Å². The van der Waals surface area contributed by atoms with Crippen molar-refractivity contribution in [3.8, 4) is 5.75 Å². The van der Waals surface area contributed by atoms with Gasteiger partial charge in [0.25, 0.3) is 0 Å². The van der Waals surface area contributed by atoms with Crippen molar-refractivity contribution in [3.05, 3.63) is 29.8 Å². The van der Waals surface area contributed by atoms with Crippen molar-refractivity contribution in [3.63, 3.8) is 0 Å². The van der Waals surface area contributed by atoms with Crippen molar-refractivity contribution in [1.29, 1.82) is 0 Å². The Morgan fingerprint density at radius 1 is 1.00 bits per heavy atom. The highest BCUT2D eigenvalue weighted by atomic mass is 79.9. The van der Waals surface area contributed by atoms with Crippen LogP contribution < -0.4 is 10.1 Å². The Kier molecular flexibility index (Phi) is 4.33. The van der Waals surface area contributed by atoms with E-state index in [0.717, 1.165) is 30.0 Å². The molecule has 0 amide bonds. The number of nitrogens with one attached hydrogen (secondary N) is 1. The Hall–Kier alpha value is -0.540. The van der Waals surface area contributed by atoms with E-state index < -0.39 is 0 Å². The van der Waals surface area contributed by atoms with Gasteiger partial charge in [-0.25, -0.2) is 0 Å². The summed E-state index contributed by atoms with van der Waals surface area (Å²) >= 11 is 0. The fraction of sp³-hybridized carbons (Fsp3) is 0.667. The predicted molar refractivity (Wildman–Crippen MR) is 91.1 cm³/mol. The van der Waals surface area contributed by atoms with Crippen molar-refractivity contribution < 1.29 is 4.74 Å². The molecule has 4 aliphatic rings. The van der Waals surface area contributed by atoms with Gasteiger partial charge in [0.1, 0.15) is 5.75 Å². The van der Waals surface area contributed by atoms with Gasteiger partial charge in [-0.1, -0.05) is 12.1 Å². The average Bonchev–Trinajstić information content (AvgIpc) is 2.44. The molecule has 3 heteroatoms. The lowest BCUT2D eigenvalue weighted by Gasteiger charge is -2.57. The van der Waals surface area contributed by atoms with Crippen molar-refractivity contribution in [1.82, 2.24) is 5.32 Å². The van der Waals surface area contributed by atoms with Crippen molar-refractivity contribution in [2.45, 2.75) is 50.6 Å². The molecule has 0 radical (unpaired) electrons. The molecule has 0 heterocycles. The van der Waals surface area contributed by atoms with Gasteiger partial charge in [-0.2, -0.15) is 0 Å². The first-order valence-electron chi connectivity index (χ1n) is 8.13. The Labute approximate surface area is 138 Å². The third-order valence-electron chi connectivity index (χ3n) is 5.86. The van der Waals surface area contributed by atoms with Gasteiger partial charge in [0.05, 0.1) is 7.11 Å². The summed E-state index contributed by atoms with van der Waals surface area (Å²) in [5.41, 5.74) is 1.84. The second-order valence-electron chi connectivity index (χ2n) is 7.40. The van der Waals surface area contributed by atoms with E-state index in [9.17, 15) is 0 Å². The van der Waals surface area contributed by atoms with Crippen molar-refractivity contribution >= 4 is 17.0 Å². The number of ether oxygens (including phenoxy) is 1. The molecule has 4 bridgehead atoms. The molecule has 1 aromatic rings. The summed E-state index contributed by atoms with van der Waals surface area (Å²) in [5, 5.41) is 3.94. The molecule has 4 saturated carbocycles. The lowest BCUT2D eigenvalue weighted by molar-refractivity contribution is -0.0206. The molecule has 1 N–H and O–H groups in total. The molecular formula is C18H26BrNO. The SMILES string of the molecule is Br.COc1ccc(CNC23CC4CC(CC(C4)C2)C3)cc1. The van der Waals surface area contributed by atoms with Crippen molar-refractivity contribution in [2.24, 2.45) is 17.8 Å². The number of hydrogen-bond donors (Lipinski definition) is 1. The predicted octanol–water partition coefficient (Wildman–Crippen LogP) is 4.33. The second-order valence-corrected chi connectivity index (χ2v) is 7.40. The molecule has 5 rings (SSSR count). The van der Waals surface area contributed by atoms with Gasteiger partial charge in [0.2, 0.25) is 0 Å². The van der Waals surface area contributed by atoms with E-state index in [1.165, 1.54) is 44.1 Å². The maximum absolute atomic E-state index is 5.23. The third kappa shape index (κ3) is 3.00. The van der Waals surface area contributed by atoms with Gasteiger partial charge in [-0.15, -0.1) is 17.0 Å². The van der Waals surface area contributed by atoms with Crippen LogP contribution in [0.2, 0.25) is 0 Å². The van der Waals surface area contributed by atoms with Crippen LogP contribution in [0.1, 0.15) is 44.1 Å². The maximum Gasteiger partial charge on any atom is 0.118 e. The zero-order chi connectivity index (χ0) is 13.6. The van der Waals surface area contributed by atoms with E-state index in [2.05, 4.69) is 29.6 Å². The summed E-state index contributed by atoms with van der Waals surface area (Å²) < 4.78 is 5.23. The Bertz CT molecular complexity index is 449. The first-order valence-corrected chi connectivity index (χ1v) is 8.13. The summed E-state index contributed by atoms with van der Waals surface area (Å²) in [6.45, 7) is 1.01. The van der Waals surface area contributed by atoms with E-state index in [-0.39, 0.29) is 17.0 Å². The molecule has 0 spiro atoms. The van der Waals surface area contributed by atoms with Crippen LogP contribution in [0.15, 0.2) is 24.3 Å². The lowest BCUT2D eigenvalue weighted by atomic mass is 9.53. The number of rotatable bonds is 4.